The summed E-state index contributed by atoms with van der Waals surface area (Å²) in [4.78, 5) is 27.7. The summed E-state index contributed by atoms with van der Waals surface area (Å²) in [5.74, 6) is 0.383. The van der Waals surface area contributed by atoms with E-state index in [0.29, 0.717) is 38.5 Å². The van der Waals surface area contributed by atoms with Crippen molar-refractivity contribution in [2.24, 2.45) is 5.92 Å². The second kappa shape index (κ2) is 8.44. The van der Waals surface area contributed by atoms with Crippen molar-refractivity contribution < 1.29 is 15.2 Å². The van der Waals surface area contributed by atoms with E-state index in [0.717, 1.165) is 12.1 Å². The van der Waals surface area contributed by atoms with Crippen LogP contribution in [0.4, 0.5) is 5.69 Å². The van der Waals surface area contributed by atoms with Crippen molar-refractivity contribution in [1.82, 2.24) is 14.0 Å². The average Bonchev–Trinajstić information content (AvgIpc) is 3.17. The van der Waals surface area contributed by atoms with Crippen molar-refractivity contribution in [3.63, 3.8) is 0 Å². The van der Waals surface area contributed by atoms with Crippen LogP contribution in [0, 0.1) is 11.1 Å². The first-order valence-electron chi connectivity index (χ1n) is 11.7. The van der Waals surface area contributed by atoms with Crippen LogP contribution in [0.1, 0.15) is 49.9 Å². The van der Waals surface area contributed by atoms with Crippen LogP contribution in [0.15, 0.2) is 47.4 Å². The Morgan fingerprint density at radius 2 is 1.97 bits per heavy atom. The summed E-state index contributed by atoms with van der Waals surface area (Å²) in [6, 6.07) is 11.8. The number of para-hydroxylation sites is 1. The Bertz CT molecular complexity index is 1260. The molecule has 2 bridgehead atoms. The van der Waals surface area contributed by atoms with Gasteiger partial charge in [0, 0.05) is 66.9 Å². The number of aryl methyl sites for hydroxylation is 1. The van der Waals surface area contributed by atoms with Crippen molar-refractivity contribution in [3.8, 4) is 0 Å². The van der Waals surface area contributed by atoms with Gasteiger partial charge in [-0.1, -0.05) is 18.2 Å². The van der Waals surface area contributed by atoms with E-state index in [4.69, 9.17) is 0 Å². The van der Waals surface area contributed by atoms with E-state index in [1.807, 2.05) is 17.0 Å². The quantitative estimate of drug-likeness (QED) is 0.584. The number of piperidine rings is 1. The van der Waals surface area contributed by atoms with Gasteiger partial charge in [-0.25, -0.2) is 5.21 Å². The molecule has 0 spiro atoms. The number of carbonyl (C=O) groups is 1. The van der Waals surface area contributed by atoms with Crippen LogP contribution in [-0.4, -0.2) is 38.2 Å². The highest BCUT2D eigenvalue weighted by Crippen LogP contribution is 2.35. The number of aromatic nitrogens is 2. The zero-order chi connectivity index (χ0) is 23.3. The number of hydrogen-bond acceptors (Lipinski definition) is 4. The van der Waals surface area contributed by atoms with Gasteiger partial charge in [-0.15, -0.1) is 0 Å². The zero-order valence-electron chi connectivity index (χ0n) is 19.0. The van der Waals surface area contributed by atoms with Crippen molar-refractivity contribution in [3.05, 3.63) is 69.4 Å². The molecule has 3 atom stereocenters. The van der Waals surface area contributed by atoms with E-state index in [1.54, 1.807) is 10.6 Å². The largest absolute Gasteiger partial charge is 0.595 e. The Hall–Kier alpha value is -2.94. The molecule has 3 aromatic rings. The molecule has 1 amide bonds. The molecule has 8 nitrogen and oxygen atoms in total. The Morgan fingerprint density at radius 3 is 2.73 bits per heavy atom. The second-order valence-corrected chi connectivity index (χ2v) is 9.66. The normalized spacial score (nSPS) is 20.8. The number of hydrogen-bond donors (Lipinski definition) is 2. The summed E-state index contributed by atoms with van der Waals surface area (Å²) < 4.78 is 3.88. The van der Waals surface area contributed by atoms with Gasteiger partial charge in [0.15, 0.2) is 0 Å². The fraction of sp³-hybridized carbons (Fsp3) is 0.440. The SMILES string of the molecule is CC(C)n1cc(CCC(=O)N2CC3CC(C2)c2ccc([NH+]([O-])O)c(=O)n2C3)c2ccccc21. The Kier molecular flexibility index (Phi) is 5.60. The van der Waals surface area contributed by atoms with E-state index in [2.05, 4.69) is 36.7 Å². The predicted octanol–water partition coefficient (Wildman–Crippen LogP) is 2.37. The molecular weight excluding hydrogens is 420 g/mol. The first-order chi connectivity index (χ1) is 15.8. The van der Waals surface area contributed by atoms with E-state index < -0.39 is 10.8 Å². The number of amides is 1. The number of benzene rings is 1. The van der Waals surface area contributed by atoms with Crippen molar-refractivity contribution in [2.45, 2.75) is 51.6 Å². The topological polar surface area (TPSA) is 95.0 Å². The van der Waals surface area contributed by atoms with E-state index in [-0.39, 0.29) is 23.4 Å². The lowest BCUT2D eigenvalue weighted by Gasteiger charge is -2.43. The molecule has 0 saturated carbocycles. The fourth-order valence-corrected chi connectivity index (χ4v) is 5.62. The summed E-state index contributed by atoms with van der Waals surface area (Å²) in [6.45, 7) is 5.99. The molecule has 8 heteroatoms. The van der Waals surface area contributed by atoms with Crippen LogP contribution in [0.3, 0.4) is 0 Å². The standard InChI is InChI=1S/C25H30N4O4/c1-16(2)27-15-18(20-5-3-4-6-22(20)27)7-10-24(30)26-12-17-11-19(14-26)21-8-9-23(29(32)33)25(31)28(21)13-17/h3-6,8-9,15-17,19,29,32H,7,10-14H2,1-2H3. The molecule has 1 fully saturated rings. The van der Waals surface area contributed by atoms with E-state index >= 15 is 0 Å². The predicted molar refractivity (Wildman–Crippen MR) is 125 cm³/mol. The minimum atomic E-state index is -1.19. The molecule has 174 valence electrons. The second-order valence-electron chi connectivity index (χ2n) is 9.66. The first-order valence-corrected chi connectivity index (χ1v) is 11.7. The highest BCUT2D eigenvalue weighted by molar-refractivity contribution is 5.85. The fourth-order valence-electron chi connectivity index (χ4n) is 5.62. The summed E-state index contributed by atoms with van der Waals surface area (Å²) in [7, 11) is 0. The van der Waals surface area contributed by atoms with E-state index in [1.165, 1.54) is 22.5 Å². The van der Waals surface area contributed by atoms with Gasteiger partial charge in [0.2, 0.25) is 11.6 Å². The molecule has 33 heavy (non-hydrogen) atoms. The molecule has 4 heterocycles. The molecule has 3 unspecified atom stereocenters. The maximum absolute atomic E-state index is 13.2. The van der Waals surface area contributed by atoms with Gasteiger partial charge < -0.3 is 19.2 Å². The number of nitrogens with one attached hydrogen (secondary N) is 1. The number of rotatable bonds is 5. The lowest BCUT2D eigenvalue weighted by molar-refractivity contribution is -0.992. The molecule has 5 rings (SSSR count). The number of fused-ring (bicyclic) bond motifs is 5. The van der Waals surface area contributed by atoms with Gasteiger partial charge in [0.25, 0.3) is 0 Å². The molecule has 1 saturated heterocycles. The Morgan fingerprint density at radius 1 is 1.18 bits per heavy atom. The van der Waals surface area contributed by atoms with Gasteiger partial charge in [-0.2, -0.15) is 5.23 Å². The molecule has 0 aliphatic carbocycles. The van der Waals surface area contributed by atoms with Gasteiger partial charge in [-0.3, -0.25) is 9.59 Å². The summed E-state index contributed by atoms with van der Waals surface area (Å²) >= 11 is 0. The summed E-state index contributed by atoms with van der Waals surface area (Å²) in [5.41, 5.74) is 2.62. The first kappa shape index (κ1) is 21.9. The van der Waals surface area contributed by atoms with Crippen LogP contribution >= 0.6 is 0 Å². The third-order valence-electron chi connectivity index (χ3n) is 7.18. The third kappa shape index (κ3) is 3.88. The van der Waals surface area contributed by atoms with Crippen LogP contribution in [0.25, 0.3) is 10.9 Å². The molecule has 2 aliphatic heterocycles. The minimum Gasteiger partial charge on any atom is -0.595 e. The average molecular weight is 451 g/mol. The summed E-state index contributed by atoms with van der Waals surface area (Å²) in [5, 5.41) is 20.6. The van der Waals surface area contributed by atoms with Crippen LogP contribution in [0.2, 0.25) is 0 Å². The number of pyridine rings is 1. The maximum Gasteiger partial charge on any atom is 0.315 e. The number of likely N-dealkylation sites (tertiary alicyclic amines) is 1. The van der Waals surface area contributed by atoms with Gasteiger partial charge >= 0.3 is 5.56 Å². The number of quaternary nitrogens is 1. The molecular formula is C25H30N4O4. The third-order valence-corrected chi connectivity index (χ3v) is 7.18. The monoisotopic (exact) mass is 450 g/mol. The number of carbonyl (C=O) groups excluding carboxylic acids is 1. The van der Waals surface area contributed by atoms with E-state index in [9.17, 15) is 20.0 Å². The van der Waals surface area contributed by atoms with Gasteiger partial charge in [0.1, 0.15) is 0 Å². The van der Waals surface area contributed by atoms with Crippen molar-refractivity contribution in [1.29, 1.82) is 0 Å². The molecule has 2 aromatic heterocycles. The van der Waals surface area contributed by atoms with Crippen LogP contribution < -0.4 is 10.8 Å². The van der Waals surface area contributed by atoms with Crippen molar-refractivity contribution >= 4 is 22.5 Å². The lowest BCUT2D eigenvalue weighted by atomic mass is 9.83. The highest BCUT2D eigenvalue weighted by Gasteiger charge is 2.37. The zero-order valence-corrected chi connectivity index (χ0v) is 19.0. The molecule has 1 aromatic carbocycles. The Balaban J connectivity index is 1.32. The maximum atomic E-state index is 13.2. The van der Waals surface area contributed by atoms with Gasteiger partial charge in [-0.05, 0) is 50.3 Å². The molecule has 0 radical (unpaired) electrons. The molecule has 2 aliphatic rings. The van der Waals surface area contributed by atoms with Gasteiger partial charge in [0.05, 0.1) is 0 Å². The molecule has 2 N–H and O–H groups in total. The number of nitrogens with zero attached hydrogens (tertiary/aromatic N) is 3. The van der Waals surface area contributed by atoms with Crippen LogP contribution in [-0.2, 0) is 17.8 Å². The minimum absolute atomic E-state index is 0.0693. The van der Waals surface area contributed by atoms with Crippen molar-refractivity contribution in [2.75, 3.05) is 13.1 Å². The smallest absolute Gasteiger partial charge is 0.315 e. The highest BCUT2D eigenvalue weighted by atomic mass is 16.8. The summed E-state index contributed by atoms with van der Waals surface area (Å²) in [6.07, 6.45) is 4.26. The lowest BCUT2D eigenvalue weighted by Crippen LogP contribution is -3.00. The Labute approximate surface area is 192 Å². The van der Waals surface area contributed by atoms with Crippen LogP contribution in [0.5, 0.6) is 0 Å².